The lowest BCUT2D eigenvalue weighted by atomic mass is 10.3. The third-order valence-electron chi connectivity index (χ3n) is 2.33. The monoisotopic (exact) mass is 186 g/mol. The van der Waals surface area contributed by atoms with Crippen LogP contribution in [0.15, 0.2) is 0 Å². The highest BCUT2D eigenvalue weighted by Crippen LogP contribution is 2.21. The second-order valence-corrected chi connectivity index (χ2v) is 3.44. The van der Waals surface area contributed by atoms with Crippen LogP contribution < -0.4 is 0 Å². The molecule has 0 N–H and O–H groups in total. The van der Waals surface area contributed by atoms with Gasteiger partial charge in [0, 0.05) is 6.61 Å². The third kappa shape index (κ3) is 3.35. The molecule has 0 saturated heterocycles. The summed E-state index contributed by atoms with van der Waals surface area (Å²) in [7, 11) is 0. The van der Waals surface area contributed by atoms with Gasteiger partial charge in [0.05, 0.1) is 0 Å². The van der Waals surface area contributed by atoms with E-state index in [4.69, 9.17) is 9.47 Å². The molecule has 0 aliphatic heterocycles. The highest BCUT2D eigenvalue weighted by molar-refractivity contribution is 5.74. The number of hydrogen-bond donors (Lipinski definition) is 0. The van der Waals surface area contributed by atoms with E-state index >= 15 is 0 Å². The Bertz CT molecular complexity index is 162. The maximum absolute atomic E-state index is 11.3. The summed E-state index contributed by atoms with van der Waals surface area (Å²) in [6.45, 7) is 4.17. The highest BCUT2D eigenvalue weighted by Gasteiger charge is 2.22. The zero-order valence-corrected chi connectivity index (χ0v) is 8.41. The number of rotatable bonds is 4. The van der Waals surface area contributed by atoms with E-state index < -0.39 is 6.10 Å². The van der Waals surface area contributed by atoms with E-state index in [-0.39, 0.29) is 12.1 Å². The Morgan fingerprint density at radius 3 is 2.62 bits per heavy atom. The summed E-state index contributed by atoms with van der Waals surface area (Å²) in [6.07, 6.45) is 4.14. The summed E-state index contributed by atoms with van der Waals surface area (Å²) >= 11 is 0. The molecular formula is C10H18O3. The minimum Gasteiger partial charge on any atom is -0.460 e. The van der Waals surface area contributed by atoms with E-state index in [0.29, 0.717) is 6.61 Å². The molecule has 0 aromatic rings. The van der Waals surface area contributed by atoms with Crippen LogP contribution in [0.5, 0.6) is 0 Å². The summed E-state index contributed by atoms with van der Waals surface area (Å²) in [5.74, 6) is -0.214. The molecule has 1 aliphatic carbocycles. The van der Waals surface area contributed by atoms with Gasteiger partial charge in [-0.2, -0.15) is 0 Å². The van der Waals surface area contributed by atoms with Gasteiger partial charge in [0.25, 0.3) is 0 Å². The normalized spacial score (nSPS) is 20.2. The predicted molar refractivity (Wildman–Crippen MR) is 49.4 cm³/mol. The van der Waals surface area contributed by atoms with Crippen LogP contribution >= 0.6 is 0 Å². The second kappa shape index (κ2) is 5.22. The zero-order chi connectivity index (χ0) is 9.68. The lowest BCUT2D eigenvalue weighted by Gasteiger charge is -2.15. The summed E-state index contributed by atoms with van der Waals surface area (Å²) in [4.78, 5) is 11.3. The second-order valence-electron chi connectivity index (χ2n) is 3.44. The number of ether oxygens (including phenoxy) is 2. The first kappa shape index (κ1) is 10.5. The SMILES string of the molecule is CCOC(C)C(=O)OC1CCCC1. The molecule has 0 radical (unpaired) electrons. The Hall–Kier alpha value is -0.570. The van der Waals surface area contributed by atoms with Crippen LogP contribution in [0, 0.1) is 0 Å². The van der Waals surface area contributed by atoms with Gasteiger partial charge in [-0.25, -0.2) is 4.79 Å². The van der Waals surface area contributed by atoms with Crippen LogP contribution in [0.3, 0.4) is 0 Å². The first-order valence-corrected chi connectivity index (χ1v) is 5.06. The molecule has 1 rings (SSSR count). The third-order valence-corrected chi connectivity index (χ3v) is 2.33. The van der Waals surface area contributed by atoms with Crippen molar-refractivity contribution >= 4 is 5.97 Å². The first-order chi connectivity index (χ1) is 6.24. The van der Waals surface area contributed by atoms with E-state index in [0.717, 1.165) is 12.8 Å². The van der Waals surface area contributed by atoms with Gasteiger partial charge < -0.3 is 9.47 Å². The van der Waals surface area contributed by atoms with Gasteiger partial charge in [-0.05, 0) is 39.5 Å². The van der Waals surface area contributed by atoms with E-state index in [1.165, 1.54) is 12.8 Å². The molecule has 0 amide bonds. The molecular weight excluding hydrogens is 168 g/mol. The van der Waals surface area contributed by atoms with Gasteiger partial charge in [-0.1, -0.05) is 0 Å². The molecule has 1 saturated carbocycles. The van der Waals surface area contributed by atoms with Crippen LogP contribution in [0.2, 0.25) is 0 Å². The van der Waals surface area contributed by atoms with Crippen LogP contribution in [0.4, 0.5) is 0 Å². The summed E-state index contributed by atoms with van der Waals surface area (Å²) in [5.41, 5.74) is 0. The van der Waals surface area contributed by atoms with Crippen LogP contribution in [0.25, 0.3) is 0 Å². The van der Waals surface area contributed by atoms with Crippen molar-refractivity contribution in [3.05, 3.63) is 0 Å². The van der Waals surface area contributed by atoms with Gasteiger partial charge in [0.2, 0.25) is 0 Å². The van der Waals surface area contributed by atoms with Crippen LogP contribution in [-0.2, 0) is 14.3 Å². The molecule has 0 heterocycles. The maximum atomic E-state index is 11.3. The number of carbonyl (C=O) groups excluding carboxylic acids is 1. The van der Waals surface area contributed by atoms with Gasteiger partial charge in [-0.3, -0.25) is 0 Å². The van der Waals surface area contributed by atoms with Crippen molar-refractivity contribution in [1.29, 1.82) is 0 Å². The predicted octanol–water partition coefficient (Wildman–Crippen LogP) is 1.90. The Morgan fingerprint density at radius 2 is 2.08 bits per heavy atom. The van der Waals surface area contributed by atoms with Crippen molar-refractivity contribution in [3.63, 3.8) is 0 Å². The summed E-state index contributed by atoms with van der Waals surface area (Å²) in [5, 5.41) is 0. The topological polar surface area (TPSA) is 35.5 Å². The van der Waals surface area contributed by atoms with Crippen molar-refractivity contribution in [2.45, 2.75) is 51.7 Å². The van der Waals surface area contributed by atoms with Crippen molar-refractivity contribution in [2.24, 2.45) is 0 Å². The van der Waals surface area contributed by atoms with Crippen LogP contribution in [0.1, 0.15) is 39.5 Å². The standard InChI is InChI=1S/C10H18O3/c1-3-12-8(2)10(11)13-9-6-4-5-7-9/h8-9H,3-7H2,1-2H3. The Morgan fingerprint density at radius 1 is 1.46 bits per heavy atom. The molecule has 3 nitrogen and oxygen atoms in total. The average molecular weight is 186 g/mol. The van der Waals surface area contributed by atoms with E-state index in [1.807, 2.05) is 6.92 Å². The lowest BCUT2D eigenvalue weighted by molar-refractivity contribution is -0.160. The van der Waals surface area contributed by atoms with E-state index in [9.17, 15) is 4.79 Å². The highest BCUT2D eigenvalue weighted by atomic mass is 16.6. The molecule has 0 spiro atoms. The molecule has 13 heavy (non-hydrogen) atoms. The summed E-state index contributed by atoms with van der Waals surface area (Å²) in [6, 6.07) is 0. The van der Waals surface area contributed by atoms with Gasteiger partial charge in [0.15, 0.2) is 6.10 Å². The fourth-order valence-electron chi connectivity index (χ4n) is 1.58. The van der Waals surface area contributed by atoms with Crippen molar-refractivity contribution in [1.82, 2.24) is 0 Å². The quantitative estimate of drug-likeness (QED) is 0.629. The largest absolute Gasteiger partial charge is 0.460 e. The maximum Gasteiger partial charge on any atom is 0.335 e. The van der Waals surface area contributed by atoms with Crippen molar-refractivity contribution in [3.8, 4) is 0 Å². The minimum absolute atomic E-state index is 0.149. The first-order valence-electron chi connectivity index (χ1n) is 5.06. The molecule has 0 aromatic carbocycles. The van der Waals surface area contributed by atoms with Gasteiger partial charge in [-0.15, -0.1) is 0 Å². The average Bonchev–Trinajstić information content (AvgIpc) is 2.57. The molecule has 0 aromatic heterocycles. The molecule has 1 unspecified atom stereocenters. The Kier molecular flexibility index (Phi) is 4.22. The Labute approximate surface area is 79.4 Å². The smallest absolute Gasteiger partial charge is 0.335 e. The zero-order valence-electron chi connectivity index (χ0n) is 8.41. The molecule has 1 atom stereocenters. The van der Waals surface area contributed by atoms with Crippen molar-refractivity contribution < 1.29 is 14.3 Å². The van der Waals surface area contributed by atoms with E-state index in [1.54, 1.807) is 6.92 Å². The van der Waals surface area contributed by atoms with E-state index in [2.05, 4.69) is 0 Å². The van der Waals surface area contributed by atoms with Gasteiger partial charge >= 0.3 is 5.97 Å². The number of carbonyl (C=O) groups is 1. The molecule has 0 bridgehead atoms. The molecule has 1 aliphatic rings. The van der Waals surface area contributed by atoms with Crippen LogP contribution in [-0.4, -0.2) is 24.8 Å². The Balaban J connectivity index is 2.22. The fourth-order valence-corrected chi connectivity index (χ4v) is 1.58. The molecule has 1 fully saturated rings. The van der Waals surface area contributed by atoms with Crippen molar-refractivity contribution in [2.75, 3.05) is 6.61 Å². The van der Waals surface area contributed by atoms with Gasteiger partial charge in [0.1, 0.15) is 6.10 Å². The summed E-state index contributed by atoms with van der Waals surface area (Å²) < 4.78 is 10.4. The fraction of sp³-hybridized carbons (Fsp3) is 0.900. The molecule has 76 valence electrons. The lowest BCUT2D eigenvalue weighted by Crippen LogP contribution is -2.26. The number of hydrogen-bond acceptors (Lipinski definition) is 3. The molecule has 3 heteroatoms. The number of esters is 1. The minimum atomic E-state index is -0.411.